The van der Waals surface area contributed by atoms with Crippen molar-refractivity contribution in [2.75, 3.05) is 10.8 Å². The van der Waals surface area contributed by atoms with Crippen LogP contribution < -0.4 is 9.73 Å². The quantitative estimate of drug-likeness (QED) is 0.426. The Labute approximate surface area is 185 Å². The summed E-state index contributed by atoms with van der Waals surface area (Å²) in [5.74, 6) is -1.21. The largest absolute Gasteiger partial charge is 0.271 e. The molecule has 0 radical (unpaired) electrons. The van der Waals surface area contributed by atoms with Crippen LogP contribution in [0.5, 0.6) is 0 Å². The first-order chi connectivity index (χ1) is 14.8. The maximum absolute atomic E-state index is 13.3. The summed E-state index contributed by atoms with van der Waals surface area (Å²) in [6.07, 6.45) is 1.40. The van der Waals surface area contributed by atoms with E-state index in [4.69, 9.17) is 11.6 Å². The van der Waals surface area contributed by atoms with Crippen LogP contribution in [0, 0.1) is 12.7 Å². The Kier molecular flexibility index (Phi) is 7.04. The number of aryl methyl sites for hydroxylation is 1. The number of hydrogen-bond acceptors (Lipinski definition) is 4. The maximum Gasteiger partial charge on any atom is 0.264 e. The van der Waals surface area contributed by atoms with Crippen molar-refractivity contribution in [1.29, 1.82) is 0 Å². The highest BCUT2D eigenvalue weighted by Crippen LogP contribution is 2.24. The molecular formula is C22H19ClFN3O3S. The summed E-state index contributed by atoms with van der Waals surface area (Å²) in [5.41, 5.74) is 4.21. The van der Waals surface area contributed by atoms with Crippen molar-refractivity contribution in [3.05, 3.63) is 94.8 Å². The van der Waals surface area contributed by atoms with Crippen molar-refractivity contribution in [3.63, 3.8) is 0 Å². The zero-order chi connectivity index (χ0) is 22.4. The molecule has 0 spiro atoms. The Hall–Kier alpha value is -3.23. The molecule has 0 saturated carbocycles. The monoisotopic (exact) mass is 459 g/mol. The van der Waals surface area contributed by atoms with Gasteiger partial charge in [-0.3, -0.25) is 9.10 Å². The maximum atomic E-state index is 13.3. The smallest absolute Gasteiger partial charge is 0.264 e. The number of carbonyl (C=O) groups is 1. The van der Waals surface area contributed by atoms with Crippen molar-refractivity contribution in [3.8, 4) is 0 Å². The van der Waals surface area contributed by atoms with Gasteiger partial charge in [-0.25, -0.2) is 18.2 Å². The predicted molar refractivity (Wildman–Crippen MR) is 119 cm³/mol. The number of amides is 1. The molecule has 1 N–H and O–H groups in total. The summed E-state index contributed by atoms with van der Waals surface area (Å²) < 4.78 is 40.5. The number of halogens is 2. The van der Waals surface area contributed by atoms with Crippen LogP contribution in [-0.4, -0.2) is 27.1 Å². The van der Waals surface area contributed by atoms with E-state index in [9.17, 15) is 17.6 Å². The van der Waals surface area contributed by atoms with Gasteiger partial charge in [0, 0.05) is 5.02 Å². The summed E-state index contributed by atoms with van der Waals surface area (Å²) in [6.45, 7) is 1.34. The molecule has 3 aromatic carbocycles. The second-order valence-corrected chi connectivity index (χ2v) is 8.95. The molecule has 0 heterocycles. The van der Waals surface area contributed by atoms with Gasteiger partial charge < -0.3 is 0 Å². The molecule has 0 aliphatic heterocycles. The van der Waals surface area contributed by atoms with Crippen molar-refractivity contribution < 1.29 is 17.6 Å². The number of nitrogens with zero attached hydrogens (tertiary/aromatic N) is 2. The Balaban J connectivity index is 1.83. The number of hydrogen-bond donors (Lipinski definition) is 1. The summed E-state index contributed by atoms with van der Waals surface area (Å²) in [6, 6.07) is 17.9. The highest BCUT2D eigenvalue weighted by atomic mass is 35.5. The van der Waals surface area contributed by atoms with Crippen LogP contribution in [0.2, 0.25) is 5.02 Å². The average Bonchev–Trinajstić information content (AvgIpc) is 2.73. The number of nitrogens with one attached hydrogen (secondary N) is 1. The first kappa shape index (κ1) is 22.5. The van der Waals surface area contributed by atoms with Gasteiger partial charge in [0.15, 0.2) is 0 Å². The second-order valence-electron chi connectivity index (χ2n) is 6.65. The fourth-order valence-corrected chi connectivity index (χ4v) is 4.31. The van der Waals surface area contributed by atoms with E-state index in [-0.39, 0.29) is 4.90 Å². The average molecular weight is 460 g/mol. The van der Waals surface area contributed by atoms with Crippen LogP contribution in [0.4, 0.5) is 10.1 Å². The molecule has 0 unspecified atom stereocenters. The lowest BCUT2D eigenvalue weighted by atomic mass is 10.2. The number of hydrazone groups is 1. The molecule has 0 atom stereocenters. The Morgan fingerprint density at radius 1 is 1.10 bits per heavy atom. The topological polar surface area (TPSA) is 78.8 Å². The molecule has 0 saturated heterocycles. The lowest BCUT2D eigenvalue weighted by Crippen LogP contribution is -2.39. The molecule has 9 heteroatoms. The Morgan fingerprint density at radius 2 is 1.77 bits per heavy atom. The van der Waals surface area contributed by atoms with E-state index < -0.39 is 28.3 Å². The van der Waals surface area contributed by atoms with E-state index in [2.05, 4.69) is 10.5 Å². The molecule has 0 bridgehead atoms. The minimum absolute atomic E-state index is 0.135. The Morgan fingerprint density at radius 3 is 2.42 bits per heavy atom. The number of sulfonamides is 1. The zero-order valence-electron chi connectivity index (χ0n) is 16.5. The van der Waals surface area contributed by atoms with Gasteiger partial charge >= 0.3 is 0 Å². The third-order valence-electron chi connectivity index (χ3n) is 4.26. The van der Waals surface area contributed by atoms with Crippen LogP contribution >= 0.6 is 11.6 Å². The van der Waals surface area contributed by atoms with E-state index in [1.165, 1.54) is 6.21 Å². The first-order valence-corrected chi connectivity index (χ1v) is 11.0. The molecule has 3 rings (SSSR count). The Bertz CT molecular complexity index is 1200. The summed E-state index contributed by atoms with van der Waals surface area (Å²) in [4.78, 5) is 12.3. The second kappa shape index (κ2) is 9.72. The van der Waals surface area contributed by atoms with Crippen LogP contribution in [-0.2, 0) is 14.8 Å². The first-order valence-electron chi connectivity index (χ1n) is 9.18. The number of carbonyl (C=O) groups excluding carboxylic acids is 1. The van der Waals surface area contributed by atoms with E-state index in [1.54, 1.807) is 48.5 Å². The normalized spacial score (nSPS) is 11.5. The third kappa shape index (κ3) is 5.90. The minimum atomic E-state index is -4.13. The molecule has 31 heavy (non-hydrogen) atoms. The van der Waals surface area contributed by atoms with Gasteiger partial charge in [-0.05, 0) is 61.0 Å². The van der Waals surface area contributed by atoms with Crippen molar-refractivity contribution in [2.45, 2.75) is 11.8 Å². The van der Waals surface area contributed by atoms with Gasteiger partial charge in [0.05, 0.1) is 16.8 Å². The van der Waals surface area contributed by atoms with Gasteiger partial charge in [-0.2, -0.15) is 5.10 Å². The molecule has 0 fully saturated rings. The minimum Gasteiger partial charge on any atom is -0.271 e. The van der Waals surface area contributed by atoms with E-state index >= 15 is 0 Å². The third-order valence-corrected chi connectivity index (χ3v) is 6.29. The standard InChI is InChI=1S/C22H19ClFN3O3S/c1-16-5-9-20(10-6-16)27(31(29,30)21-11-7-19(24)8-12-21)15-22(28)26-25-14-17-3-2-4-18(23)13-17/h2-14H,15H2,1H3,(H,26,28). The molecule has 3 aromatic rings. The molecule has 0 aromatic heterocycles. The lowest BCUT2D eigenvalue weighted by molar-refractivity contribution is -0.119. The summed E-state index contributed by atoms with van der Waals surface area (Å²) >= 11 is 5.91. The molecule has 0 aliphatic rings. The number of anilines is 1. The number of benzene rings is 3. The van der Waals surface area contributed by atoms with Crippen LogP contribution in [0.15, 0.2) is 82.8 Å². The fraction of sp³-hybridized carbons (Fsp3) is 0.0909. The molecule has 6 nitrogen and oxygen atoms in total. The lowest BCUT2D eigenvalue weighted by Gasteiger charge is -2.23. The van der Waals surface area contributed by atoms with Crippen molar-refractivity contribution >= 4 is 39.4 Å². The summed E-state index contributed by atoms with van der Waals surface area (Å²) in [5, 5.41) is 4.38. The van der Waals surface area contributed by atoms with Crippen molar-refractivity contribution in [2.24, 2.45) is 5.10 Å². The molecule has 160 valence electrons. The molecule has 0 aliphatic carbocycles. The molecular weight excluding hydrogens is 441 g/mol. The zero-order valence-corrected chi connectivity index (χ0v) is 18.1. The van der Waals surface area contributed by atoms with Crippen molar-refractivity contribution in [1.82, 2.24) is 5.43 Å². The van der Waals surface area contributed by atoms with E-state index in [1.807, 2.05) is 6.92 Å². The van der Waals surface area contributed by atoms with Crippen LogP contribution in [0.1, 0.15) is 11.1 Å². The predicted octanol–water partition coefficient (Wildman–Crippen LogP) is 4.13. The van der Waals surface area contributed by atoms with Gasteiger partial charge in [0.1, 0.15) is 12.4 Å². The van der Waals surface area contributed by atoms with Crippen LogP contribution in [0.3, 0.4) is 0 Å². The van der Waals surface area contributed by atoms with E-state index in [0.717, 1.165) is 34.1 Å². The highest BCUT2D eigenvalue weighted by Gasteiger charge is 2.27. The number of rotatable bonds is 7. The molecule has 1 amide bonds. The van der Waals surface area contributed by atoms with Gasteiger partial charge in [-0.1, -0.05) is 41.4 Å². The van der Waals surface area contributed by atoms with Gasteiger partial charge in [0.25, 0.3) is 15.9 Å². The van der Waals surface area contributed by atoms with E-state index in [0.29, 0.717) is 16.3 Å². The van der Waals surface area contributed by atoms with Gasteiger partial charge in [-0.15, -0.1) is 0 Å². The highest BCUT2D eigenvalue weighted by molar-refractivity contribution is 7.92. The SMILES string of the molecule is Cc1ccc(N(CC(=O)NN=Cc2cccc(Cl)c2)S(=O)(=O)c2ccc(F)cc2)cc1. The van der Waals surface area contributed by atoms with Crippen LogP contribution in [0.25, 0.3) is 0 Å². The van der Waals surface area contributed by atoms with Gasteiger partial charge in [0.2, 0.25) is 0 Å². The fourth-order valence-electron chi connectivity index (χ4n) is 2.69. The summed E-state index contributed by atoms with van der Waals surface area (Å²) in [7, 11) is -4.13.